The summed E-state index contributed by atoms with van der Waals surface area (Å²) in [6, 6.07) is 5.85. The fraction of sp³-hybridized carbons (Fsp3) is 0.524. The Morgan fingerprint density at radius 3 is 2.44 bits per heavy atom. The van der Waals surface area contributed by atoms with Gasteiger partial charge in [-0.2, -0.15) is 0 Å². The predicted octanol–water partition coefficient (Wildman–Crippen LogP) is 2.03. The van der Waals surface area contributed by atoms with Crippen LogP contribution in [0.25, 0.3) is 0 Å². The van der Waals surface area contributed by atoms with E-state index < -0.39 is 0 Å². The molecule has 2 aliphatic heterocycles. The van der Waals surface area contributed by atoms with E-state index in [1.807, 2.05) is 40.2 Å². The van der Waals surface area contributed by atoms with Gasteiger partial charge in [-0.1, -0.05) is 12.2 Å². The first kappa shape index (κ1) is 18.0. The van der Waals surface area contributed by atoms with E-state index >= 15 is 0 Å². The number of amides is 2. The lowest BCUT2D eigenvalue weighted by Gasteiger charge is -2.35. The van der Waals surface area contributed by atoms with Crippen LogP contribution in [0.3, 0.4) is 0 Å². The Bertz CT molecular complexity index is 755. The Balaban J connectivity index is 1.54. The third-order valence-corrected chi connectivity index (χ3v) is 5.84. The summed E-state index contributed by atoms with van der Waals surface area (Å²) in [5.74, 6) is 0.398. The maximum atomic E-state index is 13.4. The van der Waals surface area contributed by atoms with E-state index in [1.165, 1.54) is 0 Å². The number of ether oxygens (including phenoxy) is 2. The Hall–Kier alpha value is -2.34. The highest BCUT2D eigenvalue weighted by atomic mass is 16.5. The van der Waals surface area contributed by atoms with Crippen LogP contribution in [0.1, 0.15) is 18.4 Å². The second-order valence-electron chi connectivity index (χ2n) is 7.33. The zero-order valence-corrected chi connectivity index (χ0v) is 15.7. The minimum atomic E-state index is -0.293. The molecule has 4 rings (SSSR count). The van der Waals surface area contributed by atoms with Crippen LogP contribution < -0.4 is 9.64 Å². The van der Waals surface area contributed by atoms with Crippen LogP contribution in [0.4, 0.5) is 5.69 Å². The molecule has 0 spiro atoms. The number of carbonyl (C=O) groups excluding carboxylic acids is 2. The number of rotatable bonds is 3. The first-order chi connectivity index (χ1) is 13.2. The number of methoxy groups -OCH3 is 1. The molecule has 1 aromatic carbocycles. The molecular formula is C21H26N2O4. The Kier molecular flexibility index (Phi) is 5.16. The lowest BCUT2D eigenvalue weighted by atomic mass is 9.81. The topological polar surface area (TPSA) is 59.1 Å². The number of benzene rings is 1. The van der Waals surface area contributed by atoms with E-state index in [1.54, 1.807) is 7.11 Å². The molecule has 2 amide bonds. The van der Waals surface area contributed by atoms with Gasteiger partial charge in [0.15, 0.2) is 0 Å². The van der Waals surface area contributed by atoms with Crippen molar-refractivity contribution in [2.24, 2.45) is 11.8 Å². The Labute approximate surface area is 159 Å². The highest BCUT2D eigenvalue weighted by Crippen LogP contribution is 2.36. The van der Waals surface area contributed by atoms with E-state index in [9.17, 15) is 9.59 Å². The summed E-state index contributed by atoms with van der Waals surface area (Å²) >= 11 is 0. The molecule has 1 saturated heterocycles. The van der Waals surface area contributed by atoms with Crippen molar-refractivity contribution in [3.8, 4) is 5.75 Å². The minimum Gasteiger partial charge on any atom is -0.497 e. The number of anilines is 1. The standard InChI is InChI=1S/C21H26N2O4/c1-26-16-6-7-19-15(14-16)8-9-23(19)21(25)18-5-3-2-4-17(18)20(24)22-10-12-27-13-11-22/h2-3,6-7,14,17-18H,4-5,8-13H2,1H3. The van der Waals surface area contributed by atoms with Crippen molar-refractivity contribution >= 4 is 17.5 Å². The predicted molar refractivity (Wildman–Crippen MR) is 102 cm³/mol. The van der Waals surface area contributed by atoms with Gasteiger partial charge >= 0.3 is 0 Å². The highest BCUT2D eigenvalue weighted by Gasteiger charge is 2.40. The molecule has 6 heteroatoms. The van der Waals surface area contributed by atoms with Crippen molar-refractivity contribution in [3.63, 3.8) is 0 Å². The fourth-order valence-corrected chi connectivity index (χ4v) is 4.31. The summed E-state index contributed by atoms with van der Waals surface area (Å²) in [4.78, 5) is 30.2. The quantitative estimate of drug-likeness (QED) is 0.764. The van der Waals surface area contributed by atoms with Crippen LogP contribution in [0.5, 0.6) is 5.75 Å². The van der Waals surface area contributed by atoms with Crippen LogP contribution in [0.15, 0.2) is 30.4 Å². The number of carbonyl (C=O) groups is 2. The van der Waals surface area contributed by atoms with Crippen LogP contribution in [0.2, 0.25) is 0 Å². The molecule has 0 saturated carbocycles. The number of allylic oxidation sites excluding steroid dienone is 2. The van der Waals surface area contributed by atoms with E-state index in [4.69, 9.17) is 9.47 Å². The first-order valence-electron chi connectivity index (χ1n) is 9.69. The number of morpholine rings is 1. The van der Waals surface area contributed by atoms with Crippen molar-refractivity contribution < 1.29 is 19.1 Å². The van der Waals surface area contributed by atoms with Gasteiger partial charge in [0, 0.05) is 25.3 Å². The molecule has 144 valence electrons. The lowest BCUT2D eigenvalue weighted by molar-refractivity contribution is -0.144. The van der Waals surface area contributed by atoms with Gasteiger partial charge in [0.2, 0.25) is 11.8 Å². The van der Waals surface area contributed by atoms with E-state index in [2.05, 4.69) is 0 Å². The highest BCUT2D eigenvalue weighted by molar-refractivity contribution is 6.00. The van der Waals surface area contributed by atoms with Gasteiger partial charge in [-0.25, -0.2) is 0 Å². The van der Waals surface area contributed by atoms with Gasteiger partial charge in [-0.15, -0.1) is 0 Å². The van der Waals surface area contributed by atoms with Gasteiger partial charge in [-0.3, -0.25) is 9.59 Å². The SMILES string of the molecule is COc1ccc2c(c1)CCN2C(=O)C1CC=CCC1C(=O)N1CCOCC1. The maximum Gasteiger partial charge on any atom is 0.231 e. The molecule has 3 aliphatic rings. The van der Waals surface area contributed by atoms with Crippen LogP contribution in [-0.2, 0) is 20.7 Å². The molecule has 1 aromatic rings. The Morgan fingerprint density at radius 1 is 1.04 bits per heavy atom. The monoisotopic (exact) mass is 370 g/mol. The fourth-order valence-electron chi connectivity index (χ4n) is 4.31. The molecule has 2 unspecified atom stereocenters. The molecule has 27 heavy (non-hydrogen) atoms. The largest absolute Gasteiger partial charge is 0.497 e. The summed E-state index contributed by atoms with van der Waals surface area (Å²) < 4.78 is 10.7. The molecule has 2 atom stereocenters. The van der Waals surface area contributed by atoms with Crippen molar-refractivity contribution in [1.82, 2.24) is 4.90 Å². The average Bonchev–Trinajstić information content (AvgIpc) is 3.16. The second kappa shape index (κ2) is 7.72. The number of hydrogen-bond donors (Lipinski definition) is 0. The molecule has 6 nitrogen and oxygen atoms in total. The number of hydrogen-bond acceptors (Lipinski definition) is 4. The van der Waals surface area contributed by atoms with Gasteiger partial charge in [0.1, 0.15) is 5.75 Å². The molecule has 0 aromatic heterocycles. The van der Waals surface area contributed by atoms with Gasteiger partial charge in [-0.05, 0) is 43.0 Å². The lowest BCUT2D eigenvalue weighted by Crippen LogP contribution is -2.48. The zero-order chi connectivity index (χ0) is 18.8. The normalized spacial score (nSPS) is 24.6. The summed E-state index contributed by atoms with van der Waals surface area (Å²) in [5, 5.41) is 0. The average molecular weight is 370 g/mol. The van der Waals surface area contributed by atoms with E-state index in [0.717, 1.165) is 23.4 Å². The summed E-state index contributed by atoms with van der Waals surface area (Å²) in [7, 11) is 1.65. The minimum absolute atomic E-state index is 0.0647. The third kappa shape index (κ3) is 3.46. The van der Waals surface area contributed by atoms with Crippen LogP contribution in [-0.4, -0.2) is 56.7 Å². The molecule has 1 aliphatic carbocycles. The van der Waals surface area contributed by atoms with Crippen molar-refractivity contribution in [2.45, 2.75) is 19.3 Å². The third-order valence-electron chi connectivity index (χ3n) is 5.84. The van der Waals surface area contributed by atoms with Gasteiger partial charge in [0.05, 0.1) is 32.2 Å². The van der Waals surface area contributed by atoms with E-state index in [0.29, 0.717) is 45.7 Å². The van der Waals surface area contributed by atoms with Gasteiger partial charge < -0.3 is 19.3 Å². The van der Waals surface area contributed by atoms with Crippen molar-refractivity contribution in [3.05, 3.63) is 35.9 Å². The molecule has 0 N–H and O–H groups in total. The number of nitrogens with zero attached hydrogens (tertiary/aromatic N) is 2. The second-order valence-corrected chi connectivity index (χ2v) is 7.33. The Morgan fingerprint density at radius 2 is 1.74 bits per heavy atom. The van der Waals surface area contributed by atoms with Crippen molar-refractivity contribution in [2.75, 3.05) is 44.9 Å². The van der Waals surface area contributed by atoms with E-state index in [-0.39, 0.29) is 23.7 Å². The summed E-state index contributed by atoms with van der Waals surface area (Å²) in [6.07, 6.45) is 6.16. The van der Waals surface area contributed by atoms with Crippen molar-refractivity contribution in [1.29, 1.82) is 0 Å². The van der Waals surface area contributed by atoms with Crippen LogP contribution >= 0.6 is 0 Å². The zero-order valence-electron chi connectivity index (χ0n) is 15.7. The maximum absolute atomic E-state index is 13.4. The smallest absolute Gasteiger partial charge is 0.231 e. The summed E-state index contributed by atoms with van der Waals surface area (Å²) in [5.41, 5.74) is 2.08. The molecular weight excluding hydrogens is 344 g/mol. The van der Waals surface area contributed by atoms with Gasteiger partial charge in [0.25, 0.3) is 0 Å². The molecule has 1 fully saturated rings. The first-order valence-corrected chi connectivity index (χ1v) is 9.69. The summed E-state index contributed by atoms with van der Waals surface area (Å²) in [6.45, 7) is 3.06. The molecule has 2 heterocycles. The molecule has 0 bridgehead atoms. The number of fused-ring (bicyclic) bond motifs is 1. The van der Waals surface area contributed by atoms with Crippen LogP contribution in [0, 0.1) is 11.8 Å². The molecule has 0 radical (unpaired) electrons.